The normalized spacial score (nSPS) is 12.7. The van der Waals surface area contributed by atoms with Crippen molar-refractivity contribution in [1.29, 1.82) is 0 Å². The molecule has 13 nitrogen and oxygen atoms in total. The first-order valence-electron chi connectivity index (χ1n) is 17.2. The molecule has 0 saturated heterocycles. The summed E-state index contributed by atoms with van der Waals surface area (Å²) >= 11 is 0. The smallest absolute Gasteiger partial charge is 0.435 e. The van der Waals surface area contributed by atoms with Gasteiger partial charge in [0.15, 0.2) is 18.2 Å². The van der Waals surface area contributed by atoms with Gasteiger partial charge in [0.25, 0.3) is 5.91 Å². The second kappa shape index (κ2) is 15.5. The zero-order chi connectivity index (χ0) is 37.8. The fourth-order valence-corrected chi connectivity index (χ4v) is 5.34. The predicted octanol–water partition coefficient (Wildman–Crippen LogP) is 7.72. The molecule has 1 N–H and O–H groups in total. The largest absolute Gasteiger partial charge is 0.484 e. The van der Waals surface area contributed by atoms with Gasteiger partial charge in [-0.3, -0.25) is 4.79 Å². The molecule has 1 aliphatic heterocycles. The number of halogens is 1. The van der Waals surface area contributed by atoms with Crippen LogP contribution in [0.25, 0.3) is 22.5 Å². The van der Waals surface area contributed by atoms with Crippen LogP contribution < -0.4 is 15.0 Å². The summed E-state index contributed by atoms with van der Waals surface area (Å²) in [5.41, 5.74) is 1.63. The Morgan fingerprint density at radius 2 is 1.62 bits per heavy atom. The van der Waals surface area contributed by atoms with Crippen LogP contribution in [0.3, 0.4) is 0 Å². The molecule has 0 saturated carbocycles. The third-order valence-corrected chi connectivity index (χ3v) is 7.82. The summed E-state index contributed by atoms with van der Waals surface area (Å²) in [4.78, 5) is 49.7. The minimum absolute atomic E-state index is 0.0203. The Bertz CT molecular complexity index is 1930. The summed E-state index contributed by atoms with van der Waals surface area (Å²) in [7, 11) is 0. The Morgan fingerprint density at radius 1 is 0.923 bits per heavy atom. The maximum atomic E-state index is 15.0. The fraction of sp³-hybridized carbons (Fsp3) is 0.421. The van der Waals surface area contributed by atoms with Crippen LogP contribution in [0.2, 0.25) is 0 Å². The molecule has 2 amide bonds. The summed E-state index contributed by atoms with van der Waals surface area (Å²) in [6.07, 6.45) is 3.35. The highest BCUT2D eigenvalue weighted by Crippen LogP contribution is 2.37. The molecular formula is C38H45FN6O7. The standard InChI is InChI=1S/C38H45FN6O7/c1-9-27(10-2)41-32(46)22-50-29-16-24(15-26(39)17-29)33-42-31-21-49-20-30(31)34(43-33)45(36(48)52-38(6,7)8)28-13-11-23(12-14-28)25-18-40-44(19-25)35(47)51-37(3,4)5/h11-19,27H,9-10,20-22H2,1-8H3,(H,41,46). The summed E-state index contributed by atoms with van der Waals surface area (Å²) < 4.78 is 38.8. The molecule has 2 aromatic carbocycles. The van der Waals surface area contributed by atoms with E-state index in [9.17, 15) is 18.8 Å². The molecule has 5 rings (SSSR count). The minimum atomic E-state index is -0.851. The monoisotopic (exact) mass is 716 g/mol. The van der Waals surface area contributed by atoms with Crippen molar-refractivity contribution in [3.05, 3.63) is 71.9 Å². The fourth-order valence-electron chi connectivity index (χ4n) is 5.34. The van der Waals surface area contributed by atoms with E-state index in [1.165, 1.54) is 17.0 Å². The van der Waals surface area contributed by atoms with Crippen molar-refractivity contribution in [2.24, 2.45) is 0 Å². The lowest BCUT2D eigenvalue weighted by atomic mass is 10.1. The quantitative estimate of drug-likeness (QED) is 0.173. The van der Waals surface area contributed by atoms with Crippen molar-refractivity contribution in [3.63, 3.8) is 0 Å². The number of hydrogen-bond donors (Lipinski definition) is 1. The van der Waals surface area contributed by atoms with Crippen LogP contribution in [0.15, 0.2) is 54.9 Å². The summed E-state index contributed by atoms with van der Waals surface area (Å²) in [6.45, 7) is 14.5. The molecule has 52 heavy (non-hydrogen) atoms. The molecule has 0 unspecified atom stereocenters. The summed E-state index contributed by atoms with van der Waals surface area (Å²) in [6, 6.07) is 11.0. The molecule has 4 aromatic rings. The van der Waals surface area contributed by atoms with E-state index in [1.54, 1.807) is 84.3 Å². The topological polar surface area (TPSA) is 147 Å². The van der Waals surface area contributed by atoms with Gasteiger partial charge in [0.2, 0.25) is 0 Å². The predicted molar refractivity (Wildman–Crippen MR) is 192 cm³/mol. The molecule has 0 radical (unpaired) electrons. The summed E-state index contributed by atoms with van der Waals surface area (Å²) in [5.74, 6) is -0.502. The number of amides is 2. The van der Waals surface area contributed by atoms with E-state index >= 15 is 0 Å². The van der Waals surface area contributed by atoms with Crippen LogP contribution in [0.4, 0.5) is 25.5 Å². The molecule has 276 valence electrons. The van der Waals surface area contributed by atoms with E-state index in [1.807, 2.05) is 13.8 Å². The first-order valence-corrected chi connectivity index (χ1v) is 17.2. The Morgan fingerprint density at radius 3 is 2.27 bits per heavy atom. The van der Waals surface area contributed by atoms with Crippen molar-refractivity contribution < 1.29 is 37.7 Å². The zero-order valence-electron chi connectivity index (χ0n) is 30.8. The van der Waals surface area contributed by atoms with Crippen molar-refractivity contribution in [1.82, 2.24) is 25.1 Å². The van der Waals surface area contributed by atoms with E-state index in [2.05, 4.69) is 15.4 Å². The number of anilines is 2. The van der Waals surface area contributed by atoms with Crippen molar-refractivity contribution in [2.75, 3.05) is 11.5 Å². The minimum Gasteiger partial charge on any atom is -0.484 e. The van der Waals surface area contributed by atoms with Crippen LogP contribution in [-0.2, 0) is 32.2 Å². The van der Waals surface area contributed by atoms with E-state index < -0.39 is 29.2 Å². The Kier molecular flexibility index (Phi) is 11.3. The number of carbonyl (C=O) groups is 3. The second-order valence-electron chi connectivity index (χ2n) is 14.4. The number of carbonyl (C=O) groups excluding carboxylic acids is 3. The highest BCUT2D eigenvalue weighted by Gasteiger charge is 2.32. The number of nitrogens with one attached hydrogen (secondary N) is 1. The van der Waals surface area contributed by atoms with Gasteiger partial charge in [0, 0.05) is 35.0 Å². The number of benzene rings is 2. The van der Waals surface area contributed by atoms with Crippen molar-refractivity contribution in [3.8, 4) is 28.3 Å². The maximum Gasteiger partial charge on any atom is 0.435 e. The molecule has 0 bridgehead atoms. The number of ether oxygens (including phenoxy) is 4. The van der Waals surface area contributed by atoms with Crippen LogP contribution in [0.1, 0.15) is 79.5 Å². The van der Waals surface area contributed by atoms with Crippen molar-refractivity contribution >= 4 is 29.6 Å². The number of rotatable bonds is 10. The first-order chi connectivity index (χ1) is 24.5. The third kappa shape index (κ3) is 9.49. The molecule has 2 aromatic heterocycles. The van der Waals surface area contributed by atoms with Gasteiger partial charge in [-0.15, -0.1) is 0 Å². The Balaban J connectivity index is 1.50. The van der Waals surface area contributed by atoms with Crippen LogP contribution in [-0.4, -0.2) is 61.7 Å². The van der Waals surface area contributed by atoms with Crippen LogP contribution in [0.5, 0.6) is 5.75 Å². The van der Waals surface area contributed by atoms with Gasteiger partial charge in [-0.1, -0.05) is 26.0 Å². The van der Waals surface area contributed by atoms with E-state index in [4.69, 9.17) is 23.9 Å². The van der Waals surface area contributed by atoms with Gasteiger partial charge >= 0.3 is 12.2 Å². The van der Waals surface area contributed by atoms with Gasteiger partial charge in [-0.05, 0) is 84.2 Å². The van der Waals surface area contributed by atoms with Gasteiger partial charge in [0.1, 0.15) is 22.8 Å². The average molecular weight is 717 g/mol. The highest BCUT2D eigenvalue weighted by molar-refractivity contribution is 5.96. The van der Waals surface area contributed by atoms with Crippen LogP contribution in [0, 0.1) is 5.82 Å². The first kappa shape index (κ1) is 37.9. The van der Waals surface area contributed by atoms with Crippen molar-refractivity contribution in [2.45, 2.75) is 98.7 Å². The third-order valence-electron chi connectivity index (χ3n) is 7.82. The second-order valence-corrected chi connectivity index (χ2v) is 14.4. The van der Waals surface area contributed by atoms with Crippen LogP contribution >= 0.6 is 0 Å². The number of hydrogen-bond acceptors (Lipinski definition) is 10. The number of fused-ring (bicyclic) bond motifs is 1. The maximum absolute atomic E-state index is 15.0. The molecule has 0 fully saturated rings. The lowest BCUT2D eigenvalue weighted by Gasteiger charge is -2.28. The van der Waals surface area contributed by atoms with Gasteiger partial charge in [0.05, 0.1) is 30.8 Å². The molecule has 1 aliphatic rings. The average Bonchev–Trinajstić information content (AvgIpc) is 3.76. The SMILES string of the molecule is CCC(CC)NC(=O)COc1cc(F)cc(-c2nc3c(c(N(C(=O)OC(C)(C)C)c4ccc(-c5cnn(C(=O)OC(C)(C)C)c5)cc4)n2)COC3)c1. The molecule has 0 spiro atoms. The Labute approximate surface area is 302 Å². The van der Waals surface area contributed by atoms with E-state index in [0.717, 1.165) is 23.1 Å². The molecule has 14 heteroatoms. The number of nitrogens with zero attached hydrogens (tertiary/aromatic N) is 5. The van der Waals surface area contributed by atoms with Gasteiger partial charge in [-0.2, -0.15) is 9.78 Å². The molecule has 0 aliphatic carbocycles. The van der Waals surface area contributed by atoms with Gasteiger partial charge < -0.3 is 24.3 Å². The lowest BCUT2D eigenvalue weighted by molar-refractivity contribution is -0.123. The zero-order valence-corrected chi connectivity index (χ0v) is 30.8. The highest BCUT2D eigenvalue weighted by atomic mass is 19.1. The van der Waals surface area contributed by atoms with Gasteiger partial charge in [-0.25, -0.2) is 28.8 Å². The molecule has 0 atom stereocenters. The summed E-state index contributed by atoms with van der Waals surface area (Å²) in [5, 5.41) is 7.05. The Hall–Kier alpha value is -5.37. The molecular weight excluding hydrogens is 671 g/mol. The van der Waals surface area contributed by atoms with E-state index in [0.29, 0.717) is 22.5 Å². The molecule has 3 heterocycles. The number of aromatic nitrogens is 4. The lowest BCUT2D eigenvalue weighted by Crippen LogP contribution is -2.37. The van der Waals surface area contributed by atoms with E-state index in [-0.39, 0.29) is 54.7 Å².